The van der Waals surface area contributed by atoms with Crippen molar-refractivity contribution in [1.29, 1.82) is 5.26 Å². The molecule has 0 unspecified atom stereocenters. The Kier molecular flexibility index (Phi) is 5.82. The second-order valence-corrected chi connectivity index (χ2v) is 8.67. The van der Waals surface area contributed by atoms with Crippen molar-refractivity contribution < 1.29 is 8.83 Å². The number of rotatable bonds is 6. The van der Waals surface area contributed by atoms with Gasteiger partial charge >= 0.3 is 0 Å². The molecule has 0 amide bonds. The molecule has 0 N–H and O–H groups in total. The Labute approximate surface area is 208 Å². The summed E-state index contributed by atoms with van der Waals surface area (Å²) in [5.74, 6) is 1.35. The van der Waals surface area contributed by atoms with Gasteiger partial charge in [-0.25, -0.2) is 4.68 Å². The molecule has 1 saturated heterocycles. The number of anilines is 1. The number of hydrogen-bond donors (Lipinski definition) is 0. The molecule has 8 heteroatoms. The van der Waals surface area contributed by atoms with E-state index in [1.807, 2.05) is 41.1 Å². The molecule has 0 radical (unpaired) electrons. The minimum absolute atomic E-state index is 0.283. The zero-order chi connectivity index (χ0) is 24.3. The van der Waals surface area contributed by atoms with Crippen LogP contribution >= 0.6 is 0 Å². The van der Waals surface area contributed by atoms with Crippen LogP contribution < -0.4 is 4.90 Å². The second-order valence-electron chi connectivity index (χ2n) is 8.67. The lowest BCUT2D eigenvalue weighted by atomic mass is 10.1. The summed E-state index contributed by atoms with van der Waals surface area (Å²) in [5.41, 5.74) is 4.59. The molecule has 178 valence electrons. The van der Waals surface area contributed by atoms with Gasteiger partial charge in [0.15, 0.2) is 5.76 Å². The van der Waals surface area contributed by atoms with Gasteiger partial charge in [-0.05, 0) is 24.3 Å². The molecule has 0 atom stereocenters. The van der Waals surface area contributed by atoms with Crippen LogP contribution in [0.2, 0.25) is 0 Å². The molecule has 3 aromatic heterocycles. The smallest absolute Gasteiger partial charge is 0.266 e. The highest BCUT2D eigenvalue weighted by Crippen LogP contribution is 2.30. The van der Waals surface area contributed by atoms with E-state index in [-0.39, 0.29) is 5.69 Å². The van der Waals surface area contributed by atoms with Crippen LogP contribution in [0.1, 0.15) is 11.3 Å². The van der Waals surface area contributed by atoms with Gasteiger partial charge in [0.05, 0.1) is 17.6 Å². The zero-order valence-electron chi connectivity index (χ0n) is 19.6. The minimum atomic E-state index is 0.283. The van der Waals surface area contributed by atoms with Crippen molar-refractivity contribution >= 4 is 5.88 Å². The van der Waals surface area contributed by atoms with E-state index in [4.69, 9.17) is 13.9 Å². The number of hydrogen-bond acceptors (Lipinski definition) is 7. The zero-order valence-corrected chi connectivity index (χ0v) is 19.6. The van der Waals surface area contributed by atoms with Crippen molar-refractivity contribution in [2.75, 3.05) is 31.1 Å². The number of oxazole rings is 1. The molecule has 1 aliphatic rings. The summed E-state index contributed by atoms with van der Waals surface area (Å²) in [5, 5.41) is 14.5. The van der Waals surface area contributed by atoms with E-state index in [0.717, 1.165) is 49.7 Å². The Bertz CT molecular complexity index is 1470. The lowest BCUT2D eigenvalue weighted by molar-refractivity contribution is 0.246. The van der Waals surface area contributed by atoms with E-state index in [1.165, 1.54) is 5.56 Å². The number of aromatic nitrogens is 3. The molecule has 6 rings (SSSR count). The van der Waals surface area contributed by atoms with Crippen molar-refractivity contribution in [3.8, 4) is 34.7 Å². The largest absolute Gasteiger partial charge is 0.459 e. The summed E-state index contributed by atoms with van der Waals surface area (Å²) in [6.07, 6.45) is 3.69. The third-order valence-electron chi connectivity index (χ3n) is 6.36. The highest BCUT2D eigenvalue weighted by molar-refractivity contribution is 5.63. The first-order valence-electron chi connectivity index (χ1n) is 11.9. The molecule has 0 aliphatic carbocycles. The first-order chi connectivity index (χ1) is 17.8. The standard InChI is InChI=1S/C28H24N6O2/c29-18-24-28(36-27(30-24)25-12-7-17-35-25)33-15-13-32(14-16-33)19-22-20-34(23-10-5-2-6-11-23)31-26(22)21-8-3-1-4-9-21/h1-12,17,20H,13-16,19H2. The molecule has 2 aromatic carbocycles. The predicted octanol–water partition coefficient (Wildman–Crippen LogP) is 4.98. The Morgan fingerprint density at radius 3 is 2.33 bits per heavy atom. The van der Waals surface area contributed by atoms with E-state index < -0.39 is 0 Å². The summed E-state index contributed by atoms with van der Waals surface area (Å²) in [6, 6.07) is 26.2. The van der Waals surface area contributed by atoms with Gasteiger partial charge in [0.2, 0.25) is 11.6 Å². The molecule has 0 spiro atoms. The maximum atomic E-state index is 9.59. The van der Waals surface area contributed by atoms with Gasteiger partial charge in [-0.2, -0.15) is 15.3 Å². The number of furan rings is 1. The Morgan fingerprint density at radius 2 is 1.64 bits per heavy atom. The van der Waals surface area contributed by atoms with Crippen LogP contribution in [0, 0.1) is 11.3 Å². The van der Waals surface area contributed by atoms with Gasteiger partial charge in [0, 0.05) is 50.0 Å². The van der Waals surface area contributed by atoms with Crippen LogP contribution in [0.5, 0.6) is 0 Å². The molecule has 1 aliphatic heterocycles. The number of para-hydroxylation sites is 1. The van der Waals surface area contributed by atoms with Crippen LogP contribution in [0.25, 0.3) is 28.6 Å². The maximum Gasteiger partial charge on any atom is 0.266 e. The molecule has 36 heavy (non-hydrogen) atoms. The SMILES string of the molecule is N#Cc1nc(-c2ccco2)oc1N1CCN(Cc2cn(-c3ccccc3)nc2-c2ccccc2)CC1. The summed E-state index contributed by atoms with van der Waals surface area (Å²) in [7, 11) is 0. The monoisotopic (exact) mass is 476 g/mol. The fourth-order valence-corrected chi connectivity index (χ4v) is 4.53. The highest BCUT2D eigenvalue weighted by Gasteiger charge is 2.26. The number of piperazine rings is 1. The molecule has 1 fully saturated rings. The molecule has 8 nitrogen and oxygen atoms in total. The normalized spacial score (nSPS) is 14.1. The van der Waals surface area contributed by atoms with Crippen LogP contribution in [-0.2, 0) is 6.54 Å². The Balaban J connectivity index is 1.21. The molecular formula is C28H24N6O2. The maximum absolute atomic E-state index is 9.59. The minimum Gasteiger partial charge on any atom is -0.459 e. The van der Waals surface area contributed by atoms with Crippen LogP contribution in [0.15, 0.2) is 94.1 Å². The van der Waals surface area contributed by atoms with Gasteiger partial charge in [-0.1, -0.05) is 48.5 Å². The van der Waals surface area contributed by atoms with Crippen LogP contribution in [0.3, 0.4) is 0 Å². The van der Waals surface area contributed by atoms with Gasteiger partial charge < -0.3 is 13.7 Å². The topological polar surface area (TPSA) is 87.3 Å². The van der Waals surface area contributed by atoms with Crippen molar-refractivity contribution in [2.45, 2.75) is 6.54 Å². The second kappa shape index (κ2) is 9.56. The summed E-state index contributed by atoms with van der Waals surface area (Å²) < 4.78 is 13.3. The van der Waals surface area contributed by atoms with Crippen molar-refractivity contribution in [1.82, 2.24) is 19.7 Å². The quantitative estimate of drug-likeness (QED) is 0.341. The summed E-state index contributed by atoms with van der Waals surface area (Å²) in [4.78, 5) is 8.81. The number of nitriles is 1. The number of benzene rings is 2. The van der Waals surface area contributed by atoms with E-state index >= 15 is 0 Å². The van der Waals surface area contributed by atoms with E-state index in [1.54, 1.807) is 18.4 Å². The molecular weight excluding hydrogens is 452 g/mol. The Morgan fingerprint density at radius 1 is 0.889 bits per heavy atom. The van der Waals surface area contributed by atoms with Gasteiger partial charge in [0.1, 0.15) is 6.07 Å². The average molecular weight is 477 g/mol. The van der Waals surface area contributed by atoms with Gasteiger partial charge in [-0.3, -0.25) is 4.90 Å². The lowest BCUT2D eigenvalue weighted by Gasteiger charge is -2.34. The van der Waals surface area contributed by atoms with Crippen molar-refractivity contribution in [2.24, 2.45) is 0 Å². The molecule has 0 saturated carbocycles. The summed E-state index contributed by atoms with van der Waals surface area (Å²) in [6.45, 7) is 3.90. The van der Waals surface area contributed by atoms with E-state index in [0.29, 0.717) is 17.5 Å². The predicted molar refractivity (Wildman–Crippen MR) is 135 cm³/mol. The first kappa shape index (κ1) is 21.9. The van der Waals surface area contributed by atoms with Gasteiger partial charge in [-0.15, -0.1) is 0 Å². The van der Waals surface area contributed by atoms with Gasteiger partial charge in [0.25, 0.3) is 5.89 Å². The Hall–Kier alpha value is -4.61. The molecule has 0 bridgehead atoms. The van der Waals surface area contributed by atoms with E-state index in [2.05, 4.69) is 51.3 Å². The fraction of sp³-hybridized carbons (Fsp3) is 0.179. The first-order valence-corrected chi connectivity index (χ1v) is 11.9. The molecule has 4 heterocycles. The average Bonchev–Trinajstić information content (AvgIpc) is 3.70. The summed E-state index contributed by atoms with van der Waals surface area (Å²) >= 11 is 0. The van der Waals surface area contributed by atoms with Crippen molar-refractivity contribution in [3.63, 3.8) is 0 Å². The van der Waals surface area contributed by atoms with Crippen LogP contribution in [-0.4, -0.2) is 45.8 Å². The number of nitrogens with zero attached hydrogens (tertiary/aromatic N) is 6. The third-order valence-corrected chi connectivity index (χ3v) is 6.36. The molecule has 5 aromatic rings. The van der Waals surface area contributed by atoms with Crippen molar-refractivity contribution in [3.05, 3.63) is 96.5 Å². The van der Waals surface area contributed by atoms with Crippen LogP contribution in [0.4, 0.5) is 5.88 Å². The lowest BCUT2D eigenvalue weighted by Crippen LogP contribution is -2.46. The van der Waals surface area contributed by atoms with E-state index in [9.17, 15) is 5.26 Å². The highest BCUT2D eigenvalue weighted by atomic mass is 16.4. The fourth-order valence-electron chi connectivity index (χ4n) is 4.53. The third kappa shape index (κ3) is 4.28.